The second-order valence-corrected chi connectivity index (χ2v) is 2.60. The van der Waals surface area contributed by atoms with Crippen LogP contribution in [0.4, 0.5) is 11.4 Å². The Hall–Kier alpha value is -0.410. The number of para-hydroxylation sites is 1. The van der Waals surface area contributed by atoms with Gasteiger partial charge in [-0.15, -0.1) is 12.4 Å². The summed E-state index contributed by atoms with van der Waals surface area (Å²) in [5, 5.41) is 0. The highest BCUT2D eigenvalue weighted by Gasteiger charge is 1.95. The Balaban J connectivity index is 0.000000810. The van der Waals surface area contributed by atoms with E-state index < -0.39 is 0 Å². The molecule has 4 heteroatoms. The predicted molar refractivity (Wildman–Crippen MR) is 50.2 cm³/mol. The van der Waals surface area contributed by atoms with Crippen LogP contribution in [0.15, 0.2) is 22.7 Å². The first-order valence-electron chi connectivity index (χ1n) is 2.51. The molecule has 10 heavy (non-hydrogen) atoms. The lowest BCUT2D eigenvalue weighted by Crippen LogP contribution is -1.93. The lowest BCUT2D eigenvalue weighted by molar-refractivity contribution is 1.62. The molecule has 0 aliphatic carbocycles. The van der Waals surface area contributed by atoms with Gasteiger partial charge in [-0.25, -0.2) is 0 Å². The molecule has 0 saturated heterocycles. The molecule has 0 amide bonds. The molecule has 2 nitrogen and oxygen atoms in total. The summed E-state index contributed by atoms with van der Waals surface area (Å²) in [4.78, 5) is 0. The molecule has 0 aliphatic rings. The van der Waals surface area contributed by atoms with Crippen molar-refractivity contribution < 1.29 is 0 Å². The van der Waals surface area contributed by atoms with Crippen molar-refractivity contribution in [2.24, 2.45) is 0 Å². The van der Waals surface area contributed by atoms with Gasteiger partial charge in [-0.05, 0) is 28.1 Å². The summed E-state index contributed by atoms with van der Waals surface area (Å²) < 4.78 is 0.850. The van der Waals surface area contributed by atoms with Gasteiger partial charge in [0.25, 0.3) is 0 Å². The van der Waals surface area contributed by atoms with Gasteiger partial charge in [0.05, 0.1) is 11.4 Å². The maximum atomic E-state index is 5.51. The molecule has 1 aromatic rings. The minimum atomic E-state index is 0. The van der Waals surface area contributed by atoms with Crippen molar-refractivity contribution in [1.82, 2.24) is 0 Å². The highest BCUT2D eigenvalue weighted by atomic mass is 79.9. The zero-order valence-electron chi connectivity index (χ0n) is 5.17. The van der Waals surface area contributed by atoms with Crippen molar-refractivity contribution in [3.63, 3.8) is 0 Å². The third-order valence-electron chi connectivity index (χ3n) is 1.09. The Labute approximate surface area is 74.1 Å². The lowest BCUT2D eigenvalue weighted by atomic mass is 10.3. The fourth-order valence-electron chi connectivity index (χ4n) is 0.554. The van der Waals surface area contributed by atoms with Crippen LogP contribution in [0.3, 0.4) is 0 Å². The van der Waals surface area contributed by atoms with Crippen molar-refractivity contribution in [2.75, 3.05) is 11.5 Å². The molecule has 0 heterocycles. The van der Waals surface area contributed by atoms with Crippen molar-refractivity contribution in [2.45, 2.75) is 0 Å². The second-order valence-electron chi connectivity index (χ2n) is 1.74. The Bertz CT molecular complexity index is 207. The quantitative estimate of drug-likeness (QED) is 0.661. The van der Waals surface area contributed by atoms with E-state index in [9.17, 15) is 0 Å². The van der Waals surface area contributed by atoms with Crippen molar-refractivity contribution in [1.29, 1.82) is 0 Å². The smallest absolute Gasteiger partial charge is 0.0692 e. The van der Waals surface area contributed by atoms with Gasteiger partial charge in [0, 0.05) is 4.47 Å². The summed E-state index contributed by atoms with van der Waals surface area (Å²) >= 11 is 3.24. The van der Waals surface area contributed by atoms with Crippen LogP contribution < -0.4 is 11.5 Å². The number of anilines is 2. The molecule has 0 aromatic heterocycles. The number of rotatable bonds is 0. The summed E-state index contributed by atoms with van der Waals surface area (Å²) in [6.45, 7) is 0. The normalized spacial score (nSPS) is 8.50. The average molecular weight is 224 g/mol. The van der Waals surface area contributed by atoms with Crippen LogP contribution in [0.5, 0.6) is 0 Å². The van der Waals surface area contributed by atoms with Crippen LogP contribution in [0, 0.1) is 0 Å². The van der Waals surface area contributed by atoms with Crippen LogP contribution in [-0.2, 0) is 0 Å². The summed E-state index contributed by atoms with van der Waals surface area (Å²) in [6, 6.07) is 5.46. The zero-order chi connectivity index (χ0) is 6.85. The molecule has 0 bridgehead atoms. The highest BCUT2D eigenvalue weighted by Crippen LogP contribution is 2.23. The SMILES string of the molecule is Cl.Nc1cccc(Br)c1N. The number of nitrogens with two attached hydrogens (primary N) is 2. The van der Waals surface area contributed by atoms with E-state index in [1.807, 2.05) is 12.1 Å². The van der Waals surface area contributed by atoms with E-state index in [2.05, 4.69) is 15.9 Å². The fourth-order valence-corrected chi connectivity index (χ4v) is 0.935. The van der Waals surface area contributed by atoms with Crippen molar-refractivity contribution in [3.05, 3.63) is 22.7 Å². The monoisotopic (exact) mass is 222 g/mol. The number of nitrogen functional groups attached to an aromatic ring is 2. The van der Waals surface area contributed by atoms with E-state index in [4.69, 9.17) is 11.5 Å². The first-order chi connectivity index (χ1) is 4.22. The third kappa shape index (κ3) is 1.78. The molecule has 0 atom stereocenters. The number of halogens is 2. The maximum absolute atomic E-state index is 5.51. The Morgan fingerprint density at radius 1 is 1.20 bits per heavy atom. The first-order valence-corrected chi connectivity index (χ1v) is 3.30. The van der Waals surface area contributed by atoms with E-state index in [-0.39, 0.29) is 12.4 Å². The third-order valence-corrected chi connectivity index (χ3v) is 1.78. The van der Waals surface area contributed by atoms with E-state index in [0.717, 1.165) is 4.47 Å². The van der Waals surface area contributed by atoms with Crippen LogP contribution in [-0.4, -0.2) is 0 Å². The van der Waals surface area contributed by atoms with E-state index in [1.165, 1.54) is 0 Å². The van der Waals surface area contributed by atoms with Gasteiger partial charge in [-0.3, -0.25) is 0 Å². The number of hydrogen-bond donors (Lipinski definition) is 2. The number of hydrogen-bond acceptors (Lipinski definition) is 2. The predicted octanol–water partition coefficient (Wildman–Crippen LogP) is 2.04. The molecule has 0 spiro atoms. The van der Waals surface area contributed by atoms with Crippen molar-refractivity contribution in [3.8, 4) is 0 Å². The van der Waals surface area contributed by atoms with Gasteiger partial charge >= 0.3 is 0 Å². The maximum Gasteiger partial charge on any atom is 0.0692 e. The van der Waals surface area contributed by atoms with Crippen LogP contribution in [0.25, 0.3) is 0 Å². The van der Waals surface area contributed by atoms with Crippen LogP contribution in [0.2, 0.25) is 0 Å². The molecule has 0 radical (unpaired) electrons. The molecule has 0 unspecified atom stereocenters. The molecule has 56 valence electrons. The Morgan fingerprint density at radius 2 is 1.80 bits per heavy atom. The zero-order valence-corrected chi connectivity index (χ0v) is 7.58. The summed E-state index contributed by atoms with van der Waals surface area (Å²) in [6.07, 6.45) is 0. The Morgan fingerprint density at radius 3 is 2.20 bits per heavy atom. The van der Waals surface area contributed by atoms with Gasteiger partial charge in [0.15, 0.2) is 0 Å². The van der Waals surface area contributed by atoms with E-state index in [0.29, 0.717) is 11.4 Å². The second kappa shape index (κ2) is 3.68. The topological polar surface area (TPSA) is 52.0 Å². The highest BCUT2D eigenvalue weighted by molar-refractivity contribution is 9.10. The molecule has 0 fully saturated rings. The average Bonchev–Trinajstić information content (AvgIpc) is 1.83. The van der Waals surface area contributed by atoms with Crippen LogP contribution >= 0.6 is 28.3 Å². The van der Waals surface area contributed by atoms with Gasteiger partial charge in [-0.2, -0.15) is 0 Å². The van der Waals surface area contributed by atoms with Gasteiger partial charge in [0.2, 0.25) is 0 Å². The largest absolute Gasteiger partial charge is 0.397 e. The molecule has 4 N–H and O–H groups in total. The molecule has 1 rings (SSSR count). The van der Waals surface area contributed by atoms with Crippen LogP contribution in [0.1, 0.15) is 0 Å². The standard InChI is InChI=1S/C6H7BrN2.ClH/c7-4-2-1-3-5(8)6(4)9;/h1-3H,8-9H2;1H. The van der Waals surface area contributed by atoms with E-state index >= 15 is 0 Å². The number of benzene rings is 1. The molecular formula is C6H8BrClN2. The fraction of sp³-hybridized carbons (Fsp3) is 0. The first kappa shape index (κ1) is 9.59. The summed E-state index contributed by atoms with van der Waals surface area (Å²) in [7, 11) is 0. The molecular weight excluding hydrogens is 215 g/mol. The van der Waals surface area contributed by atoms with Gasteiger partial charge in [-0.1, -0.05) is 6.07 Å². The lowest BCUT2D eigenvalue weighted by Gasteiger charge is -1.99. The van der Waals surface area contributed by atoms with Gasteiger partial charge in [0.1, 0.15) is 0 Å². The summed E-state index contributed by atoms with van der Waals surface area (Å²) in [5.74, 6) is 0. The molecule has 1 aromatic carbocycles. The van der Waals surface area contributed by atoms with Crippen molar-refractivity contribution >= 4 is 39.7 Å². The minimum Gasteiger partial charge on any atom is -0.397 e. The molecule has 0 aliphatic heterocycles. The Kier molecular flexibility index (Phi) is 3.53. The summed E-state index contributed by atoms with van der Waals surface area (Å²) in [5.41, 5.74) is 12.2. The van der Waals surface area contributed by atoms with E-state index in [1.54, 1.807) is 6.07 Å². The molecule has 0 saturated carbocycles. The van der Waals surface area contributed by atoms with Gasteiger partial charge < -0.3 is 11.5 Å². The minimum absolute atomic E-state index is 0.